The Kier molecular flexibility index (Phi) is 5.40. The van der Waals surface area contributed by atoms with Gasteiger partial charge in [0.25, 0.3) is 5.78 Å². The minimum absolute atomic E-state index is 0.0118. The first kappa shape index (κ1) is 19.5. The van der Waals surface area contributed by atoms with Crippen molar-refractivity contribution in [2.45, 2.75) is 6.04 Å². The van der Waals surface area contributed by atoms with E-state index in [0.29, 0.717) is 28.6 Å². The van der Waals surface area contributed by atoms with E-state index in [-0.39, 0.29) is 11.3 Å². The summed E-state index contributed by atoms with van der Waals surface area (Å²) in [4.78, 5) is 35.4. The molecule has 0 aliphatic carbocycles. The topological polar surface area (TPSA) is 92.6 Å². The standard InChI is InChI=1S/C22H17N3O4S/c1-2-11-29-16-5-3-4-15(13-16)18-17(19(26)14-6-8-23-9-7-14)20(27)21(28)25(18)22-24-10-12-30-22/h2-10,12-13,18,26H,1,11H2. The van der Waals surface area contributed by atoms with Gasteiger partial charge in [0.2, 0.25) is 0 Å². The number of aromatic nitrogens is 2. The van der Waals surface area contributed by atoms with Crippen molar-refractivity contribution in [2.24, 2.45) is 0 Å². The third-order valence-corrected chi connectivity index (χ3v) is 5.34. The van der Waals surface area contributed by atoms with Gasteiger partial charge in [-0.2, -0.15) is 0 Å². The molecule has 1 atom stereocenters. The zero-order chi connectivity index (χ0) is 21.1. The maximum atomic E-state index is 13.0. The van der Waals surface area contributed by atoms with E-state index in [4.69, 9.17) is 4.74 Å². The number of nitrogens with zero attached hydrogens (tertiary/aromatic N) is 3. The van der Waals surface area contributed by atoms with Gasteiger partial charge in [0, 0.05) is 29.5 Å². The molecule has 1 fully saturated rings. The Labute approximate surface area is 176 Å². The molecule has 4 rings (SSSR count). The Hall–Kier alpha value is -3.78. The van der Waals surface area contributed by atoms with E-state index < -0.39 is 17.7 Å². The number of carbonyl (C=O) groups excluding carboxylic acids is 2. The summed E-state index contributed by atoms with van der Waals surface area (Å²) < 4.78 is 5.61. The average molecular weight is 419 g/mol. The lowest BCUT2D eigenvalue weighted by Crippen LogP contribution is -2.29. The highest BCUT2D eigenvalue weighted by molar-refractivity contribution is 7.14. The fourth-order valence-corrected chi connectivity index (χ4v) is 3.94. The van der Waals surface area contributed by atoms with Crippen LogP contribution in [0.3, 0.4) is 0 Å². The zero-order valence-electron chi connectivity index (χ0n) is 15.8. The van der Waals surface area contributed by atoms with Crippen LogP contribution in [0.25, 0.3) is 5.76 Å². The van der Waals surface area contributed by atoms with Gasteiger partial charge in [-0.3, -0.25) is 19.5 Å². The Balaban J connectivity index is 1.90. The van der Waals surface area contributed by atoms with Crippen LogP contribution in [0.2, 0.25) is 0 Å². The summed E-state index contributed by atoms with van der Waals surface area (Å²) in [6.07, 6.45) is 6.19. The molecule has 7 nitrogen and oxygen atoms in total. The van der Waals surface area contributed by atoms with E-state index in [1.165, 1.54) is 28.6 Å². The summed E-state index contributed by atoms with van der Waals surface area (Å²) in [5.41, 5.74) is 0.995. The van der Waals surface area contributed by atoms with Crippen molar-refractivity contribution < 1.29 is 19.4 Å². The summed E-state index contributed by atoms with van der Waals surface area (Å²) in [6, 6.07) is 9.35. The third-order valence-electron chi connectivity index (χ3n) is 4.57. The molecule has 0 radical (unpaired) electrons. The number of hydrogen-bond acceptors (Lipinski definition) is 7. The molecule has 1 unspecified atom stereocenters. The largest absolute Gasteiger partial charge is 0.507 e. The van der Waals surface area contributed by atoms with Crippen LogP contribution in [-0.4, -0.2) is 33.4 Å². The molecule has 3 heterocycles. The van der Waals surface area contributed by atoms with Crippen molar-refractivity contribution in [3.63, 3.8) is 0 Å². The monoisotopic (exact) mass is 419 g/mol. The number of ether oxygens (including phenoxy) is 1. The molecule has 1 aromatic carbocycles. The van der Waals surface area contributed by atoms with Crippen molar-refractivity contribution in [1.29, 1.82) is 0 Å². The SMILES string of the molecule is C=CCOc1cccc(C2C(=C(O)c3ccncc3)C(=O)C(=O)N2c2nccs2)c1. The summed E-state index contributed by atoms with van der Waals surface area (Å²) in [5.74, 6) is -1.23. The van der Waals surface area contributed by atoms with E-state index in [1.807, 2.05) is 0 Å². The average Bonchev–Trinajstić information content (AvgIpc) is 3.39. The van der Waals surface area contributed by atoms with Gasteiger partial charge in [0.15, 0.2) is 5.13 Å². The molecule has 0 saturated carbocycles. The van der Waals surface area contributed by atoms with Gasteiger partial charge in [0.05, 0.1) is 11.6 Å². The van der Waals surface area contributed by atoms with Gasteiger partial charge in [-0.25, -0.2) is 4.98 Å². The number of aliphatic hydroxyl groups is 1. The van der Waals surface area contributed by atoms with Crippen molar-refractivity contribution in [2.75, 3.05) is 11.5 Å². The molecular weight excluding hydrogens is 402 g/mol. The third kappa shape index (κ3) is 3.48. The maximum absolute atomic E-state index is 13.0. The highest BCUT2D eigenvalue weighted by Crippen LogP contribution is 2.43. The lowest BCUT2D eigenvalue weighted by molar-refractivity contribution is -0.132. The van der Waals surface area contributed by atoms with Crippen LogP contribution in [0.1, 0.15) is 17.2 Å². The first-order valence-electron chi connectivity index (χ1n) is 9.06. The second-order valence-electron chi connectivity index (χ2n) is 6.39. The van der Waals surface area contributed by atoms with Crippen LogP contribution >= 0.6 is 11.3 Å². The van der Waals surface area contributed by atoms with Crippen molar-refractivity contribution in [1.82, 2.24) is 9.97 Å². The van der Waals surface area contributed by atoms with Crippen LogP contribution in [0.4, 0.5) is 5.13 Å². The summed E-state index contributed by atoms with van der Waals surface area (Å²) in [5, 5.41) is 13.0. The predicted octanol–water partition coefficient (Wildman–Crippen LogP) is 3.73. The molecule has 150 valence electrons. The first-order valence-corrected chi connectivity index (χ1v) is 9.94. The highest BCUT2D eigenvalue weighted by Gasteiger charge is 2.48. The molecule has 1 N–H and O–H groups in total. The van der Waals surface area contributed by atoms with Gasteiger partial charge >= 0.3 is 5.91 Å². The second kappa shape index (κ2) is 8.30. The molecule has 1 saturated heterocycles. The number of anilines is 1. The molecule has 1 aliphatic rings. The Bertz CT molecular complexity index is 1130. The molecule has 30 heavy (non-hydrogen) atoms. The quantitative estimate of drug-likeness (QED) is 0.283. The van der Waals surface area contributed by atoms with Crippen LogP contribution in [0, 0.1) is 0 Å². The second-order valence-corrected chi connectivity index (χ2v) is 7.26. The van der Waals surface area contributed by atoms with Gasteiger partial charge in [-0.15, -0.1) is 11.3 Å². The fraction of sp³-hybridized carbons (Fsp3) is 0.0909. The number of rotatable bonds is 6. The van der Waals surface area contributed by atoms with E-state index >= 15 is 0 Å². The van der Waals surface area contributed by atoms with Crippen LogP contribution in [0.15, 0.2) is 78.6 Å². The Morgan fingerprint density at radius 3 is 2.73 bits per heavy atom. The number of thiazole rings is 1. The van der Waals surface area contributed by atoms with Gasteiger partial charge in [-0.05, 0) is 29.8 Å². The predicted molar refractivity (Wildman–Crippen MR) is 113 cm³/mol. The molecule has 1 amide bonds. The number of pyridine rings is 1. The van der Waals surface area contributed by atoms with Crippen LogP contribution < -0.4 is 9.64 Å². The number of amides is 1. The van der Waals surface area contributed by atoms with Crippen molar-refractivity contribution in [3.05, 3.63) is 89.7 Å². The lowest BCUT2D eigenvalue weighted by Gasteiger charge is -2.23. The first-order chi connectivity index (χ1) is 14.6. The van der Waals surface area contributed by atoms with E-state index in [1.54, 1.807) is 54.1 Å². The number of ketones is 1. The molecular formula is C22H17N3O4S. The Morgan fingerprint density at radius 2 is 2.03 bits per heavy atom. The number of carbonyl (C=O) groups is 2. The van der Waals surface area contributed by atoms with Gasteiger partial charge in [-0.1, -0.05) is 24.8 Å². The number of aliphatic hydroxyl groups excluding tert-OH is 1. The highest BCUT2D eigenvalue weighted by atomic mass is 32.1. The normalized spacial score (nSPS) is 17.9. The molecule has 2 aromatic heterocycles. The molecule has 3 aromatic rings. The molecule has 0 spiro atoms. The smallest absolute Gasteiger partial charge is 0.301 e. The Morgan fingerprint density at radius 1 is 1.23 bits per heavy atom. The zero-order valence-corrected chi connectivity index (χ0v) is 16.6. The number of benzene rings is 1. The van der Waals surface area contributed by atoms with Gasteiger partial charge < -0.3 is 9.84 Å². The summed E-state index contributed by atoms with van der Waals surface area (Å²) in [6.45, 7) is 3.95. The summed E-state index contributed by atoms with van der Waals surface area (Å²) in [7, 11) is 0. The van der Waals surface area contributed by atoms with Crippen LogP contribution in [0.5, 0.6) is 5.75 Å². The van der Waals surface area contributed by atoms with E-state index in [2.05, 4.69) is 16.5 Å². The minimum Gasteiger partial charge on any atom is -0.507 e. The number of hydrogen-bond donors (Lipinski definition) is 1. The molecule has 1 aliphatic heterocycles. The van der Waals surface area contributed by atoms with Crippen molar-refractivity contribution >= 4 is 33.9 Å². The summed E-state index contributed by atoms with van der Waals surface area (Å²) >= 11 is 1.24. The molecule has 8 heteroatoms. The maximum Gasteiger partial charge on any atom is 0.301 e. The van der Waals surface area contributed by atoms with E-state index in [9.17, 15) is 14.7 Å². The van der Waals surface area contributed by atoms with Crippen molar-refractivity contribution in [3.8, 4) is 5.75 Å². The minimum atomic E-state index is -0.850. The molecule has 0 bridgehead atoms. The lowest BCUT2D eigenvalue weighted by atomic mass is 9.95. The number of Topliss-reactive ketones (excluding diaryl/α,β-unsaturated/α-hetero) is 1. The van der Waals surface area contributed by atoms with E-state index in [0.717, 1.165) is 0 Å². The van der Waals surface area contributed by atoms with Gasteiger partial charge in [0.1, 0.15) is 18.1 Å². The fourth-order valence-electron chi connectivity index (χ4n) is 3.27. The van der Waals surface area contributed by atoms with Crippen LogP contribution in [-0.2, 0) is 9.59 Å².